The molecule has 124 valence electrons. The van der Waals surface area contributed by atoms with Gasteiger partial charge in [-0.1, -0.05) is 33.6 Å². The molecule has 0 heterocycles. The molecule has 0 saturated heterocycles. The predicted octanol–water partition coefficient (Wildman–Crippen LogP) is 4.29. The fourth-order valence-corrected chi connectivity index (χ4v) is 2.70. The predicted molar refractivity (Wildman–Crippen MR) is 93.3 cm³/mol. The van der Waals surface area contributed by atoms with Crippen LogP contribution in [0.3, 0.4) is 0 Å². The van der Waals surface area contributed by atoms with Crippen molar-refractivity contribution in [2.45, 2.75) is 19.6 Å². The van der Waals surface area contributed by atoms with Gasteiger partial charge in [0.05, 0.1) is 5.02 Å². The highest BCUT2D eigenvalue weighted by Crippen LogP contribution is 2.26. The van der Waals surface area contributed by atoms with E-state index in [4.69, 9.17) is 21.4 Å². The van der Waals surface area contributed by atoms with Gasteiger partial charge >= 0.3 is 0 Å². The normalized spacial score (nSPS) is 10.8. The van der Waals surface area contributed by atoms with E-state index in [1.54, 1.807) is 12.1 Å². The van der Waals surface area contributed by atoms with Gasteiger partial charge in [0.25, 0.3) is 0 Å². The highest BCUT2D eigenvalue weighted by Gasteiger charge is 2.10. The van der Waals surface area contributed by atoms with Crippen LogP contribution in [0.2, 0.25) is 5.02 Å². The number of aliphatic hydroxyl groups excluding tert-OH is 1. The van der Waals surface area contributed by atoms with Crippen LogP contribution in [0, 0.1) is 5.82 Å². The highest BCUT2D eigenvalue weighted by molar-refractivity contribution is 9.10. The van der Waals surface area contributed by atoms with E-state index in [1.165, 1.54) is 6.07 Å². The first-order valence-electron chi connectivity index (χ1n) is 7.27. The average molecular weight is 403 g/mol. The van der Waals surface area contributed by atoms with Gasteiger partial charge in [0.1, 0.15) is 18.2 Å². The highest BCUT2D eigenvalue weighted by atomic mass is 79.9. The molecular formula is C17H18BrClFNO2. The summed E-state index contributed by atoms with van der Waals surface area (Å²) in [6, 6.07) is 10.2. The summed E-state index contributed by atoms with van der Waals surface area (Å²) in [5, 5.41) is 12.4. The summed E-state index contributed by atoms with van der Waals surface area (Å²) in [6.07, 6.45) is 0.690. The summed E-state index contributed by atoms with van der Waals surface area (Å²) < 4.78 is 20.5. The summed E-state index contributed by atoms with van der Waals surface area (Å²) in [4.78, 5) is 0. The lowest BCUT2D eigenvalue weighted by Crippen LogP contribution is -2.16. The van der Waals surface area contributed by atoms with Crippen molar-refractivity contribution in [3.05, 3.63) is 62.8 Å². The zero-order chi connectivity index (χ0) is 16.7. The Bertz CT molecular complexity index is 634. The molecule has 23 heavy (non-hydrogen) atoms. The molecular weight excluding hydrogens is 385 g/mol. The Hall–Kier alpha value is -1.14. The van der Waals surface area contributed by atoms with Crippen molar-refractivity contribution in [2.75, 3.05) is 13.2 Å². The number of halogens is 3. The number of aliphatic hydroxyl groups is 1. The second kappa shape index (κ2) is 9.23. The SMILES string of the molecule is OCCCNCc1cc(Br)ccc1OCc1c(F)cccc1Cl. The van der Waals surface area contributed by atoms with Crippen LogP contribution in [0.1, 0.15) is 17.5 Å². The Morgan fingerprint density at radius 2 is 2.09 bits per heavy atom. The third kappa shape index (κ3) is 5.46. The van der Waals surface area contributed by atoms with Crippen LogP contribution in [-0.2, 0) is 13.2 Å². The molecule has 0 spiro atoms. The molecule has 2 aromatic rings. The molecule has 0 atom stereocenters. The molecule has 6 heteroatoms. The van der Waals surface area contributed by atoms with E-state index in [0.29, 0.717) is 35.8 Å². The zero-order valence-electron chi connectivity index (χ0n) is 12.5. The van der Waals surface area contributed by atoms with Crippen molar-refractivity contribution < 1.29 is 14.2 Å². The fourth-order valence-electron chi connectivity index (χ4n) is 2.07. The van der Waals surface area contributed by atoms with Gasteiger partial charge < -0.3 is 15.2 Å². The molecule has 0 aliphatic heterocycles. The molecule has 0 bridgehead atoms. The number of rotatable bonds is 8. The van der Waals surface area contributed by atoms with Crippen molar-refractivity contribution in [2.24, 2.45) is 0 Å². The van der Waals surface area contributed by atoms with Gasteiger partial charge in [0.2, 0.25) is 0 Å². The lowest BCUT2D eigenvalue weighted by molar-refractivity contribution is 0.284. The molecule has 2 rings (SSSR count). The van der Waals surface area contributed by atoms with Gasteiger partial charge in [0.15, 0.2) is 0 Å². The van der Waals surface area contributed by atoms with E-state index in [1.807, 2.05) is 18.2 Å². The maximum Gasteiger partial charge on any atom is 0.131 e. The monoisotopic (exact) mass is 401 g/mol. The number of hydrogen-bond acceptors (Lipinski definition) is 3. The van der Waals surface area contributed by atoms with E-state index in [0.717, 1.165) is 10.0 Å². The molecule has 2 N–H and O–H groups in total. The maximum absolute atomic E-state index is 13.8. The topological polar surface area (TPSA) is 41.5 Å². The van der Waals surface area contributed by atoms with E-state index < -0.39 is 0 Å². The van der Waals surface area contributed by atoms with Crippen LogP contribution in [0.25, 0.3) is 0 Å². The lowest BCUT2D eigenvalue weighted by Gasteiger charge is -2.14. The molecule has 0 aliphatic rings. The Balaban J connectivity index is 2.07. The van der Waals surface area contributed by atoms with Gasteiger partial charge in [-0.2, -0.15) is 0 Å². The second-order valence-electron chi connectivity index (χ2n) is 4.99. The van der Waals surface area contributed by atoms with Crippen molar-refractivity contribution in [3.8, 4) is 5.75 Å². The van der Waals surface area contributed by atoms with Crippen molar-refractivity contribution >= 4 is 27.5 Å². The first kappa shape index (κ1) is 18.2. The van der Waals surface area contributed by atoms with Crippen LogP contribution in [0.5, 0.6) is 5.75 Å². The minimum atomic E-state index is -0.378. The van der Waals surface area contributed by atoms with Gasteiger partial charge in [-0.15, -0.1) is 0 Å². The summed E-state index contributed by atoms with van der Waals surface area (Å²) in [5.41, 5.74) is 1.29. The molecule has 0 aliphatic carbocycles. The average Bonchev–Trinajstić information content (AvgIpc) is 2.52. The van der Waals surface area contributed by atoms with Crippen LogP contribution in [-0.4, -0.2) is 18.3 Å². The second-order valence-corrected chi connectivity index (χ2v) is 6.32. The number of nitrogens with one attached hydrogen (secondary N) is 1. The van der Waals surface area contributed by atoms with Gasteiger partial charge in [-0.05, 0) is 43.3 Å². The number of hydrogen-bond donors (Lipinski definition) is 2. The summed E-state index contributed by atoms with van der Waals surface area (Å²) >= 11 is 9.45. The van der Waals surface area contributed by atoms with E-state index in [9.17, 15) is 4.39 Å². The van der Waals surface area contributed by atoms with Crippen LogP contribution in [0.15, 0.2) is 40.9 Å². The molecule has 0 fully saturated rings. The molecule has 3 nitrogen and oxygen atoms in total. The Labute approximate surface area is 148 Å². The Kier molecular flexibility index (Phi) is 7.30. The maximum atomic E-state index is 13.8. The Morgan fingerprint density at radius 3 is 2.83 bits per heavy atom. The third-order valence-corrected chi connectivity index (χ3v) is 4.13. The molecule has 0 aromatic heterocycles. The minimum absolute atomic E-state index is 0.0662. The Morgan fingerprint density at radius 1 is 1.26 bits per heavy atom. The summed E-state index contributed by atoms with van der Waals surface area (Å²) in [6.45, 7) is 1.53. The molecule has 2 aromatic carbocycles. The first-order chi connectivity index (χ1) is 11.1. The van der Waals surface area contributed by atoms with Crippen LogP contribution < -0.4 is 10.1 Å². The van der Waals surface area contributed by atoms with Gasteiger partial charge in [0, 0.05) is 28.8 Å². The largest absolute Gasteiger partial charge is 0.488 e. The van der Waals surface area contributed by atoms with Crippen molar-refractivity contribution in [3.63, 3.8) is 0 Å². The summed E-state index contributed by atoms with van der Waals surface area (Å²) in [7, 11) is 0. The standard InChI is InChI=1S/C17H18BrClFNO2/c18-13-5-6-17(12(9-13)10-21-7-2-8-22)23-11-14-15(19)3-1-4-16(14)20/h1,3-6,9,21-22H,2,7-8,10-11H2. The quantitative estimate of drug-likeness (QED) is 0.647. The molecule has 0 amide bonds. The molecule has 0 radical (unpaired) electrons. The number of ether oxygens (including phenoxy) is 1. The third-order valence-electron chi connectivity index (χ3n) is 3.28. The van der Waals surface area contributed by atoms with Crippen molar-refractivity contribution in [1.82, 2.24) is 5.32 Å². The van der Waals surface area contributed by atoms with Gasteiger partial charge in [-0.25, -0.2) is 4.39 Å². The zero-order valence-corrected chi connectivity index (χ0v) is 14.8. The minimum Gasteiger partial charge on any atom is -0.488 e. The first-order valence-corrected chi connectivity index (χ1v) is 8.44. The van der Waals surface area contributed by atoms with Crippen LogP contribution >= 0.6 is 27.5 Å². The van der Waals surface area contributed by atoms with E-state index in [2.05, 4.69) is 21.2 Å². The van der Waals surface area contributed by atoms with E-state index >= 15 is 0 Å². The van der Waals surface area contributed by atoms with Crippen LogP contribution in [0.4, 0.5) is 4.39 Å². The lowest BCUT2D eigenvalue weighted by atomic mass is 10.2. The van der Waals surface area contributed by atoms with Gasteiger partial charge in [-0.3, -0.25) is 0 Å². The van der Waals surface area contributed by atoms with E-state index in [-0.39, 0.29) is 19.0 Å². The number of benzene rings is 2. The molecule has 0 saturated carbocycles. The smallest absolute Gasteiger partial charge is 0.131 e. The van der Waals surface area contributed by atoms with Crippen molar-refractivity contribution in [1.29, 1.82) is 0 Å². The summed E-state index contributed by atoms with van der Waals surface area (Å²) in [5.74, 6) is 0.293. The fraction of sp³-hybridized carbons (Fsp3) is 0.294. The molecule has 0 unspecified atom stereocenters.